The summed E-state index contributed by atoms with van der Waals surface area (Å²) in [5.74, 6) is -0.670. The molecule has 2 aromatic rings. The van der Waals surface area contributed by atoms with Crippen LogP contribution in [0.4, 0.5) is 20.3 Å². The van der Waals surface area contributed by atoms with Crippen molar-refractivity contribution in [2.75, 3.05) is 52.2 Å². The summed E-state index contributed by atoms with van der Waals surface area (Å²) in [4.78, 5) is 27.9. The molecule has 3 aliphatic rings. The summed E-state index contributed by atoms with van der Waals surface area (Å²) in [6.07, 6.45) is 18.9. The number of piperazine rings is 1. The van der Waals surface area contributed by atoms with E-state index in [9.17, 15) is 4.79 Å². The summed E-state index contributed by atoms with van der Waals surface area (Å²) in [6, 6.07) is 1.99. The van der Waals surface area contributed by atoms with Gasteiger partial charge in [-0.1, -0.05) is 38.2 Å². The molecule has 0 aliphatic carbocycles. The molecule has 0 radical (unpaired) electrons. The van der Waals surface area contributed by atoms with Crippen LogP contribution < -0.4 is 20.6 Å². The highest BCUT2D eigenvalue weighted by Crippen LogP contribution is 2.32. The van der Waals surface area contributed by atoms with Crippen LogP contribution in [0.1, 0.15) is 40.5 Å². The molecule has 0 saturated carbocycles. The van der Waals surface area contributed by atoms with Crippen molar-refractivity contribution in [2.45, 2.75) is 46.6 Å². The lowest BCUT2D eigenvalue weighted by molar-refractivity contribution is -0.129. The number of likely N-dealkylation sites (N-methyl/N-ethyl adjacent to an activating group) is 1. The lowest BCUT2D eigenvalue weighted by atomic mass is 10.1. The second-order valence-electron chi connectivity index (χ2n) is 12.3. The molecule has 1 aromatic carbocycles. The Balaban J connectivity index is 1.43. The number of amides is 1. The van der Waals surface area contributed by atoms with E-state index in [0.29, 0.717) is 54.9 Å². The Hall–Kier alpha value is -5.30. The van der Waals surface area contributed by atoms with Crippen molar-refractivity contribution in [3.05, 3.63) is 100 Å². The maximum absolute atomic E-state index is 15.7. The number of nitrogens with one attached hydrogen (secondary N) is 1. The molecular weight excluding hydrogens is 654 g/mol. The molecule has 13 heteroatoms. The van der Waals surface area contributed by atoms with Gasteiger partial charge in [0.1, 0.15) is 24.5 Å². The van der Waals surface area contributed by atoms with Gasteiger partial charge in [0, 0.05) is 62.9 Å². The standard InChI is InChI=1S/C38H46F2N8O3/c1-7-12-26-20-28(15-17-48(26)43-10-4)51-34-22-29(39)32(21-30(34)40)44-38-36(31(9-3)41-25-42-38)37-33(13-8-2)47-19-18-46(23-27(47)24-50-37)35(49)14-11-16-45(5)6/h9-15,17,20-22,25,27H,7-8,16,18-19,23-24H2,1-6H3,(H,41,42,44)/b14-11+,26-12+,31-9+,33-13-,37-36-,43-10-. The molecule has 0 spiro atoms. The number of hydrogen-bond acceptors (Lipinski definition) is 10. The molecule has 1 aromatic heterocycles. The number of rotatable bonds is 10. The number of ether oxygens (including phenoxy) is 2. The zero-order valence-corrected chi connectivity index (χ0v) is 30.1. The normalized spacial score (nSPS) is 20.9. The largest absolute Gasteiger partial charge is 0.488 e. The van der Waals surface area contributed by atoms with Crippen LogP contribution in [0.5, 0.6) is 5.75 Å². The minimum absolute atomic E-state index is 0.0258. The average Bonchev–Trinajstić information content (AvgIpc) is 3.11. The molecule has 11 nitrogen and oxygen atoms in total. The van der Waals surface area contributed by atoms with Crippen LogP contribution >= 0.6 is 0 Å². The van der Waals surface area contributed by atoms with Crippen LogP contribution in [-0.4, -0.2) is 94.7 Å². The summed E-state index contributed by atoms with van der Waals surface area (Å²) >= 11 is 0. The number of allylic oxidation sites excluding steroid dienone is 4. The molecule has 1 amide bonds. The minimum Gasteiger partial charge on any atom is -0.488 e. The number of anilines is 2. The molecule has 5 rings (SSSR count). The van der Waals surface area contributed by atoms with Crippen molar-refractivity contribution in [3.8, 4) is 5.75 Å². The predicted molar refractivity (Wildman–Crippen MR) is 196 cm³/mol. The third-order valence-electron chi connectivity index (χ3n) is 8.35. The quantitative estimate of drug-likeness (QED) is 0.278. The maximum Gasteiger partial charge on any atom is 0.246 e. The number of carbonyl (C=O) groups is 1. The Morgan fingerprint density at radius 1 is 1.14 bits per heavy atom. The summed E-state index contributed by atoms with van der Waals surface area (Å²) in [5, 5.41) is 10.0. The first-order valence-corrected chi connectivity index (χ1v) is 17.2. The lowest BCUT2D eigenvalue weighted by Crippen LogP contribution is -2.58. The molecule has 270 valence electrons. The molecule has 3 aliphatic heterocycles. The van der Waals surface area contributed by atoms with E-state index in [2.05, 4.69) is 31.4 Å². The van der Waals surface area contributed by atoms with E-state index in [1.165, 1.54) is 6.33 Å². The Kier molecular flexibility index (Phi) is 12.4. The average molecular weight is 701 g/mol. The first-order chi connectivity index (χ1) is 24.7. The van der Waals surface area contributed by atoms with Gasteiger partial charge in [0.05, 0.1) is 33.7 Å². The van der Waals surface area contributed by atoms with E-state index >= 15 is 8.78 Å². The van der Waals surface area contributed by atoms with Gasteiger partial charge in [0.15, 0.2) is 23.1 Å². The first kappa shape index (κ1) is 37.0. The van der Waals surface area contributed by atoms with Gasteiger partial charge in [0.25, 0.3) is 0 Å². The first-order valence-electron chi connectivity index (χ1n) is 17.2. The number of hydrazone groups is 1. The lowest BCUT2D eigenvalue weighted by Gasteiger charge is -2.46. The monoisotopic (exact) mass is 700 g/mol. The number of halogens is 2. The molecular formula is C38H46F2N8O3. The van der Waals surface area contributed by atoms with Crippen LogP contribution in [0.25, 0.3) is 11.8 Å². The number of aromatic nitrogens is 2. The summed E-state index contributed by atoms with van der Waals surface area (Å²) in [5.41, 5.74) is 1.46. The van der Waals surface area contributed by atoms with Gasteiger partial charge in [-0.05, 0) is 46.9 Å². The Labute approximate surface area is 297 Å². The van der Waals surface area contributed by atoms with Crippen molar-refractivity contribution in [1.29, 1.82) is 0 Å². The SMILES string of the molecule is C/C=N\N1C=CC(Oc2cc(F)c(Nc3ncnc(=C/C)/c3=C3/OCC4CN(C(=O)/C=C/CN(C)C)CCN4/C3=C\CC)cc2F)=C/C1=C\CC. The second kappa shape index (κ2) is 17.1. The van der Waals surface area contributed by atoms with Crippen molar-refractivity contribution >= 4 is 35.5 Å². The smallest absolute Gasteiger partial charge is 0.246 e. The van der Waals surface area contributed by atoms with Crippen LogP contribution in [0.15, 0.2) is 83.4 Å². The number of carbonyl (C=O) groups excluding carboxylic acids is 1. The van der Waals surface area contributed by atoms with Crippen LogP contribution in [-0.2, 0) is 9.53 Å². The van der Waals surface area contributed by atoms with Crippen LogP contribution in [0.3, 0.4) is 0 Å². The van der Waals surface area contributed by atoms with Crippen LogP contribution in [0.2, 0.25) is 0 Å². The number of morpholine rings is 1. The minimum atomic E-state index is -0.763. The van der Waals surface area contributed by atoms with Crippen LogP contribution in [0, 0.1) is 11.6 Å². The zero-order valence-electron chi connectivity index (χ0n) is 30.1. The Morgan fingerprint density at radius 2 is 1.94 bits per heavy atom. The molecule has 51 heavy (non-hydrogen) atoms. The van der Waals surface area contributed by atoms with Gasteiger partial charge in [-0.25, -0.2) is 23.8 Å². The molecule has 2 saturated heterocycles. The van der Waals surface area contributed by atoms with Gasteiger partial charge in [-0.15, -0.1) is 0 Å². The van der Waals surface area contributed by atoms with Gasteiger partial charge in [0.2, 0.25) is 5.91 Å². The number of nitrogens with zero attached hydrogens (tertiary/aromatic N) is 7. The van der Waals surface area contributed by atoms with E-state index in [1.807, 2.05) is 69.8 Å². The second-order valence-corrected chi connectivity index (χ2v) is 12.3. The van der Waals surface area contributed by atoms with Gasteiger partial charge in [-0.3, -0.25) is 4.79 Å². The fraction of sp³-hybridized carbons (Fsp3) is 0.368. The molecule has 1 unspecified atom stereocenters. The highest BCUT2D eigenvalue weighted by molar-refractivity contribution is 5.87. The van der Waals surface area contributed by atoms with Gasteiger partial charge in [-0.2, -0.15) is 5.10 Å². The predicted octanol–water partition coefficient (Wildman–Crippen LogP) is 4.75. The molecule has 2 fully saturated rings. The fourth-order valence-electron chi connectivity index (χ4n) is 6.01. The number of benzene rings is 1. The van der Waals surface area contributed by atoms with Crippen molar-refractivity contribution in [1.82, 2.24) is 29.7 Å². The Bertz CT molecular complexity index is 1920. The number of hydrogen-bond donors (Lipinski definition) is 1. The zero-order chi connectivity index (χ0) is 36.5. The van der Waals surface area contributed by atoms with E-state index in [1.54, 1.807) is 35.7 Å². The van der Waals surface area contributed by atoms with E-state index in [0.717, 1.165) is 36.4 Å². The van der Waals surface area contributed by atoms with E-state index in [4.69, 9.17) is 9.47 Å². The van der Waals surface area contributed by atoms with Crippen molar-refractivity contribution in [2.24, 2.45) is 5.10 Å². The summed E-state index contributed by atoms with van der Waals surface area (Å²) in [7, 11) is 3.91. The number of fused-ring (bicyclic) bond motifs is 1. The van der Waals surface area contributed by atoms with Crippen molar-refractivity contribution in [3.63, 3.8) is 0 Å². The van der Waals surface area contributed by atoms with E-state index < -0.39 is 11.6 Å². The van der Waals surface area contributed by atoms with Gasteiger partial charge < -0.3 is 29.5 Å². The molecule has 1 atom stereocenters. The molecule has 1 N–H and O–H groups in total. The highest BCUT2D eigenvalue weighted by Gasteiger charge is 2.36. The van der Waals surface area contributed by atoms with Gasteiger partial charge >= 0.3 is 0 Å². The Morgan fingerprint density at radius 3 is 2.67 bits per heavy atom. The van der Waals surface area contributed by atoms with E-state index in [-0.39, 0.29) is 29.2 Å². The topological polar surface area (TPSA) is 98.7 Å². The summed E-state index contributed by atoms with van der Waals surface area (Å²) in [6.45, 7) is 10.3. The molecule has 0 bridgehead atoms. The molecule has 4 heterocycles. The third kappa shape index (κ3) is 8.72. The highest BCUT2D eigenvalue weighted by atomic mass is 19.1. The maximum atomic E-state index is 15.7. The third-order valence-corrected chi connectivity index (χ3v) is 8.35. The van der Waals surface area contributed by atoms with Crippen molar-refractivity contribution < 1.29 is 23.0 Å². The summed E-state index contributed by atoms with van der Waals surface area (Å²) < 4.78 is 43.5. The fourth-order valence-corrected chi connectivity index (χ4v) is 6.01.